The average molecular weight is 416 g/mol. The van der Waals surface area contributed by atoms with Crippen molar-refractivity contribution in [1.82, 2.24) is 5.32 Å². The zero-order valence-corrected chi connectivity index (χ0v) is 17.2. The first-order chi connectivity index (χ1) is 15.1. The van der Waals surface area contributed by atoms with Crippen molar-refractivity contribution >= 4 is 23.5 Å². The van der Waals surface area contributed by atoms with Gasteiger partial charge in [-0.1, -0.05) is 73.7 Å². The number of para-hydroxylation sites is 1. The molecule has 0 unspecified atom stereocenters. The van der Waals surface area contributed by atoms with Crippen LogP contribution in [-0.4, -0.2) is 23.9 Å². The van der Waals surface area contributed by atoms with Gasteiger partial charge in [0.2, 0.25) is 0 Å². The van der Waals surface area contributed by atoms with E-state index < -0.39 is 29.9 Å². The van der Waals surface area contributed by atoms with Gasteiger partial charge in [0.05, 0.1) is 0 Å². The van der Waals surface area contributed by atoms with Crippen LogP contribution in [0.4, 0.5) is 5.69 Å². The molecule has 0 radical (unpaired) electrons. The molecule has 31 heavy (non-hydrogen) atoms. The summed E-state index contributed by atoms with van der Waals surface area (Å²) in [7, 11) is 0. The van der Waals surface area contributed by atoms with Crippen LogP contribution in [-0.2, 0) is 14.3 Å². The number of ether oxygens (including phenoxy) is 1. The first-order valence-electron chi connectivity index (χ1n) is 10.1. The van der Waals surface area contributed by atoms with Gasteiger partial charge in [-0.25, -0.2) is 4.79 Å². The first kappa shape index (κ1) is 21.8. The van der Waals surface area contributed by atoms with E-state index in [9.17, 15) is 14.4 Å². The minimum absolute atomic E-state index is 0.290. The average Bonchev–Trinajstić information content (AvgIpc) is 2.82. The maximum atomic E-state index is 13.0. The number of anilines is 1. The predicted octanol–water partition coefficient (Wildman–Crippen LogP) is 4.12. The second-order valence-electron chi connectivity index (χ2n) is 6.87. The zero-order valence-electron chi connectivity index (χ0n) is 17.2. The smallest absolute Gasteiger partial charge is 0.334 e. The first-order valence-corrected chi connectivity index (χ1v) is 10.1. The van der Waals surface area contributed by atoms with Crippen molar-refractivity contribution in [3.63, 3.8) is 0 Å². The molecule has 0 spiro atoms. The lowest BCUT2D eigenvalue weighted by atomic mass is 10.1. The number of esters is 1. The minimum atomic E-state index is -1.05. The second-order valence-corrected chi connectivity index (χ2v) is 6.87. The Morgan fingerprint density at radius 3 is 1.94 bits per heavy atom. The SMILES string of the molecule is CC[C@H](OC(=O)[C@@H](NC(=O)c1ccccc1)c1ccccc1)C(=O)Nc1ccccc1. The van der Waals surface area contributed by atoms with Gasteiger partial charge in [0.1, 0.15) is 0 Å². The van der Waals surface area contributed by atoms with Crippen LogP contribution in [0.15, 0.2) is 91.0 Å². The van der Waals surface area contributed by atoms with E-state index in [1.807, 2.05) is 12.1 Å². The van der Waals surface area contributed by atoms with Crippen molar-refractivity contribution in [2.75, 3.05) is 5.32 Å². The maximum absolute atomic E-state index is 13.0. The molecule has 6 nitrogen and oxygen atoms in total. The van der Waals surface area contributed by atoms with Crippen molar-refractivity contribution < 1.29 is 19.1 Å². The lowest BCUT2D eigenvalue weighted by Gasteiger charge is -2.22. The Hall–Kier alpha value is -3.93. The van der Waals surface area contributed by atoms with E-state index in [1.54, 1.807) is 85.8 Å². The molecule has 3 aromatic rings. The van der Waals surface area contributed by atoms with E-state index in [-0.39, 0.29) is 0 Å². The summed E-state index contributed by atoms with van der Waals surface area (Å²) in [5.74, 6) is -1.54. The van der Waals surface area contributed by atoms with Crippen LogP contribution < -0.4 is 10.6 Å². The van der Waals surface area contributed by atoms with Crippen LogP contribution in [0.5, 0.6) is 0 Å². The molecule has 6 heteroatoms. The highest BCUT2D eigenvalue weighted by Crippen LogP contribution is 2.18. The highest BCUT2D eigenvalue weighted by molar-refractivity contribution is 5.98. The molecule has 158 valence electrons. The molecule has 0 fully saturated rings. The van der Waals surface area contributed by atoms with Crippen molar-refractivity contribution in [1.29, 1.82) is 0 Å². The number of nitrogens with one attached hydrogen (secondary N) is 2. The van der Waals surface area contributed by atoms with Crippen LogP contribution in [0, 0.1) is 0 Å². The molecule has 0 aliphatic carbocycles. The largest absolute Gasteiger partial charge is 0.450 e. The standard InChI is InChI=1S/C25H24N2O4/c1-2-21(24(29)26-20-16-10-5-11-17-20)31-25(30)22(18-12-6-3-7-13-18)27-23(28)19-14-8-4-9-15-19/h3-17,21-22H,2H2,1H3,(H,26,29)(H,27,28)/t21-,22-/m0/s1. The van der Waals surface area contributed by atoms with Crippen LogP contribution in [0.1, 0.15) is 35.3 Å². The molecular formula is C25H24N2O4. The van der Waals surface area contributed by atoms with E-state index in [0.29, 0.717) is 23.2 Å². The van der Waals surface area contributed by atoms with Crippen molar-refractivity contribution in [3.8, 4) is 0 Å². The fourth-order valence-corrected chi connectivity index (χ4v) is 3.00. The monoisotopic (exact) mass is 416 g/mol. The summed E-state index contributed by atoms with van der Waals surface area (Å²) in [5.41, 5.74) is 1.60. The van der Waals surface area contributed by atoms with Crippen LogP contribution in [0.25, 0.3) is 0 Å². The molecule has 0 aromatic heterocycles. The Balaban J connectivity index is 1.75. The normalized spacial score (nSPS) is 12.3. The highest BCUT2D eigenvalue weighted by Gasteiger charge is 2.29. The zero-order chi connectivity index (χ0) is 22.1. The van der Waals surface area contributed by atoms with Gasteiger partial charge in [-0.2, -0.15) is 0 Å². The molecule has 0 saturated heterocycles. The third kappa shape index (κ3) is 6.02. The van der Waals surface area contributed by atoms with Gasteiger partial charge in [0.15, 0.2) is 12.1 Å². The van der Waals surface area contributed by atoms with Crippen LogP contribution >= 0.6 is 0 Å². The number of carbonyl (C=O) groups excluding carboxylic acids is 3. The minimum Gasteiger partial charge on any atom is -0.450 e. The Morgan fingerprint density at radius 1 is 0.806 bits per heavy atom. The fraction of sp³-hybridized carbons (Fsp3) is 0.160. The van der Waals surface area contributed by atoms with Crippen molar-refractivity contribution in [2.24, 2.45) is 0 Å². The van der Waals surface area contributed by atoms with Crippen molar-refractivity contribution in [2.45, 2.75) is 25.5 Å². The molecule has 3 aromatic carbocycles. The number of hydrogen-bond acceptors (Lipinski definition) is 4. The molecule has 0 aliphatic heterocycles. The van der Waals surface area contributed by atoms with Gasteiger partial charge in [-0.05, 0) is 36.2 Å². The van der Waals surface area contributed by atoms with E-state index in [0.717, 1.165) is 0 Å². The summed E-state index contributed by atoms with van der Waals surface area (Å²) in [6.45, 7) is 1.75. The molecule has 2 amide bonds. The predicted molar refractivity (Wildman–Crippen MR) is 118 cm³/mol. The van der Waals surface area contributed by atoms with E-state index in [4.69, 9.17) is 4.74 Å². The quantitative estimate of drug-likeness (QED) is 0.541. The Morgan fingerprint density at radius 2 is 1.35 bits per heavy atom. The van der Waals surface area contributed by atoms with Gasteiger partial charge in [0, 0.05) is 11.3 Å². The van der Waals surface area contributed by atoms with E-state index >= 15 is 0 Å². The molecule has 2 N–H and O–H groups in total. The fourth-order valence-electron chi connectivity index (χ4n) is 3.00. The Kier molecular flexibility index (Phi) is 7.54. The number of amides is 2. The second kappa shape index (κ2) is 10.7. The van der Waals surface area contributed by atoms with Gasteiger partial charge in [-0.3, -0.25) is 9.59 Å². The van der Waals surface area contributed by atoms with Crippen LogP contribution in [0.2, 0.25) is 0 Å². The number of hydrogen-bond donors (Lipinski definition) is 2. The summed E-state index contributed by atoms with van der Waals surface area (Å²) in [4.78, 5) is 38.3. The maximum Gasteiger partial charge on any atom is 0.334 e. The molecular weight excluding hydrogens is 392 g/mol. The Labute approximate surface area is 181 Å². The van der Waals surface area contributed by atoms with E-state index in [1.165, 1.54) is 0 Å². The summed E-state index contributed by atoms with van der Waals surface area (Å²) in [6.07, 6.45) is -0.703. The summed E-state index contributed by atoms with van der Waals surface area (Å²) in [5, 5.41) is 5.46. The lowest BCUT2D eigenvalue weighted by molar-refractivity contribution is -0.156. The molecule has 0 saturated carbocycles. The van der Waals surface area contributed by atoms with Crippen molar-refractivity contribution in [3.05, 3.63) is 102 Å². The third-order valence-electron chi connectivity index (χ3n) is 4.64. The summed E-state index contributed by atoms with van der Waals surface area (Å²) < 4.78 is 5.52. The number of rotatable bonds is 8. The van der Waals surface area contributed by atoms with E-state index in [2.05, 4.69) is 10.6 Å². The van der Waals surface area contributed by atoms with Crippen LogP contribution in [0.3, 0.4) is 0 Å². The molecule has 2 atom stereocenters. The lowest BCUT2D eigenvalue weighted by Crippen LogP contribution is -2.39. The molecule has 0 bridgehead atoms. The number of carbonyl (C=O) groups is 3. The molecule has 3 rings (SSSR count). The third-order valence-corrected chi connectivity index (χ3v) is 4.64. The highest BCUT2D eigenvalue weighted by atomic mass is 16.5. The molecule has 0 aliphatic rings. The Bertz CT molecular complexity index is 1010. The topological polar surface area (TPSA) is 84.5 Å². The molecule has 0 heterocycles. The van der Waals surface area contributed by atoms with Gasteiger partial charge < -0.3 is 15.4 Å². The van der Waals surface area contributed by atoms with Gasteiger partial charge >= 0.3 is 5.97 Å². The summed E-state index contributed by atoms with van der Waals surface area (Å²) in [6, 6.07) is 25.3. The van der Waals surface area contributed by atoms with Gasteiger partial charge in [0.25, 0.3) is 11.8 Å². The number of benzene rings is 3. The summed E-state index contributed by atoms with van der Waals surface area (Å²) >= 11 is 0. The van der Waals surface area contributed by atoms with Gasteiger partial charge in [-0.15, -0.1) is 0 Å².